The molecule has 0 N–H and O–H groups in total. The molecule has 0 aliphatic carbocycles. The van der Waals surface area contributed by atoms with E-state index in [-0.39, 0.29) is 17.7 Å². The third kappa shape index (κ3) is 3.24. The van der Waals surface area contributed by atoms with Gasteiger partial charge in [0.2, 0.25) is 5.91 Å². The van der Waals surface area contributed by atoms with Gasteiger partial charge in [0, 0.05) is 12.6 Å². The summed E-state index contributed by atoms with van der Waals surface area (Å²) in [5, 5.41) is 0. The number of carbonyl (C=O) groups is 2. The largest absolute Gasteiger partial charge is 0.375 e. The molecular weight excluding hydrogens is 302 g/mol. The minimum Gasteiger partial charge on any atom is -0.375 e. The van der Waals surface area contributed by atoms with Gasteiger partial charge in [-0.1, -0.05) is 60.2 Å². The Bertz CT molecular complexity index is 724. The summed E-state index contributed by atoms with van der Waals surface area (Å²) in [5.41, 5.74) is 2.75. The molecule has 2 aromatic rings. The first-order valence-corrected chi connectivity index (χ1v) is 8.07. The number of Topliss-reactive ketones (excluding diaryl/α,β-unsaturated/α-hetero) is 1. The fourth-order valence-corrected chi connectivity index (χ4v) is 2.95. The number of benzene rings is 2. The highest BCUT2D eigenvalue weighted by Gasteiger charge is 2.49. The number of likely N-dealkylation sites (tertiary alicyclic amines) is 1. The zero-order valence-corrected chi connectivity index (χ0v) is 13.9. The smallest absolute Gasteiger partial charge is 0.235 e. The lowest BCUT2D eigenvalue weighted by Gasteiger charge is -2.43. The van der Waals surface area contributed by atoms with Gasteiger partial charge in [-0.05, 0) is 12.5 Å². The third-order valence-corrected chi connectivity index (χ3v) is 4.51. The summed E-state index contributed by atoms with van der Waals surface area (Å²) < 4.78 is 5.73. The predicted octanol–water partition coefficient (Wildman–Crippen LogP) is 2.85. The van der Waals surface area contributed by atoms with Gasteiger partial charge in [0.15, 0.2) is 5.78 Å². The predicted molar refractivity (Wildman–Crippen MR) is 91.7 cm³/mol. The Kier molecular flexibility index (Phi) is 4.76. The van der Waals surface area contributed by atoms with Crippen LogP contribution in [0.2, 0.25) is 0 Å². The van der Waals surface area contributed by atoms with Crippen LogP contribution in [0.15, 0.2) is 54.6 Å². The summed E-state index contributed by atoms with van der Waals surface area (Å²) in [6, 6.07) is 17.0. The molecule has 124 valence electrons. The van der Waals surface area contributed by atoms with Crippen molar-refractivity contribution >= 4 is 11.7 Å². The van der Waals surface area contributed by atoms with Gasteiger partial charge in [-0.15, -0.1) is 0 Å². The Morgan fingerprint density at radius 3 is 2.42 bits per heavy atom. The molecule has 0 bridgehead atoms. The second-order valence-electron chi connectivity index (χ2n) is 6.23. The van der Waals surface area contributed by atoms with E-state index in [9.17, 15) is 9.59 Å². The number of carbonyl (C=O) groups excluding carboxylic acids is 2. The van der Waals surface area contributed by atoms with Gasteiger partial charge < -0.3 is 9.64 Å². The number of ether oxygens (including phenoxy) is 1. The van der Waals surface area contributed by atoms with E-state index in [2.05, 4.69) is 0 Å². The van der Waals surface area contributed by atoms with Crippen molar-refractivity contribution in [2.24, 2.45) is 5.92 Å². The van der Waals surface area contributed by atoms with Crippen molar-refractivity contribution in [2.45, 2.75) is 19.6 Å². The number of nitrogens with zero attached hydrogens (tertiary/aromatic N) is 1. The van der Waals surface area contributed by atoms with Crippen molar-refractivity contribution < 1.29 is 14.3 Å². The summed E-state index contributed by atoms with van der Waals surface area (Å²) in [7, 11) is 1.72. The van der Waals surface area contributed by atoms with Gasteiger partial charge in [-0.3, -0.25) is 9.59 Å². The molecule has 0 unspecified atom stereocenters. The highest BCUT2D eigenvalue weighted by Crippen LogP contribution is 2.29. The molecule has 3 rings (SSSR count). The third-order valence-electron chi connectivity index (χ3n) is 4.51. The van der Waals surface area contributed by atoms with Gasteiger partial charge in [0.05, 0.1) is 19.3 Å². The average Bonchev–Trinajstić information content (AvgIpc) is 2.61. The van der Waals surface area contributed by atoms with Crippen molar-refractivity contribution in [3.8, 4) is 0 Å². The van der Waals surface area contributed by atoms with Gasteiger partial charge in [-0.2, -0.15) is 0 Å². The van der Waals surface area contributed by atoms with Gasteiger partial charge in [0.1, 0.15) is 5.92 Å². The minimum atomic E-state index is -0.631. The highest BCUT2D eigenvalue weighted by molar-refractivity contribution is 6.13. The molecule has 1 saturated heterocycles. The number of hydrogen-bond donors (Lipinski definition) is 0. The van der Waals surface area contributed by atoms with Crippen LogP contribution < -0.4 is 0 Å². The Hall–Kier alpha value is -2.46. The number of ketones is 1. The zero-order chi connectivity index (χ0) is 17.1. The first kappa shape index (κ1) is 16.4. The number of amides is 1. The number of rotatable bonds is 6. The second kappa shape index (κ2) is 6.97. The van der Waals surface area contributed by atoms with Crippen molar-refractivity contribution in [2.75, 3.05) is 13.7 Å². The number of hydrogen-bond acceptors (Lipinski definition) is 3. The molecule has 1 amide bonds. The van der Waals surface area contributed by atoms with Crippen LogP contribution in [0, 0.1) is 12.8 Å². The van der Waals surface area contributed by atoms with E-state index >= 15 is 0 Å². The maximum atomic E-state index is 12.6. The molecule has 1 aliphatic rings. The van der Waals surface area contributed by atoms with Crippen LogP contribution in [-0.4, -0.2) is 36.3 Å². The first-order valence-electron chi connectivity index (χ1n) is 8.07. The Labute approximate surface area is 142 Å². The molecule has 24 heavy (non-hydrogen) atoms. The quantitative estimate of drug-likeness (QED) is 0.466. The maximum Gasteiger partial charge on any atom is 0.235 e. The lowest BCUT2D eigenvalue weighted by Crippen LogP contribution is -2.63. The molecular formula is C20H21NO3. The van der Waals surface area contributed by atoms with Gasteiger partial charge in [-0.25, -0.2) is 0 Å². The number of β-lactam (4-membered cyclic amide) rings is 1. The molecule has 0 aromatic heterocycles. The normalized spacial score (nSPS) is 19.9. The van der Waals surface area contributed by atoms with Gasteiger partial charge in [0.25, 0.3) is 0 Å². The van der Waals surface area contributed by atoms with Gasteiger partial charge >= 0.3 is 0 Å². The van der Waals surface area contributed by atoms with E-state index in [0.717, 1.165) is 11.1 Å². The number of likely N-dealkylation sites (N-methyl/N-ethyl adjacent to an activating group) is 1. The lowest BCUT2D eigenvalue weighted by atomic mass is 9.82. The molecule has 2 aromatic carbocycles. The van der Waals surface area contributed by atoms with E-state index in [1.807, 2.05) is 49.4 Å². The van der Waals surface area contributed by atoms with E-state index in [4.69, 9.17) is 4.74 Å². The molecule has 2 atom stereocenters. The minimum absolute atomic E-state index is 0.119. The van der Waals surface area contributed by atoms with Crippen molar-refractivity contribution in [1.29, 1.82) is 0 Å². The molecule has 1 aliphatic heterocycles. The standard InChI is InChI=1S/C20H21NO3/c1-14-8-10-16(11-9-14)19(22)18-17(21(2)20(18)23)13-24-12-15-6-4-3-5-7-15/h3-11,17-18H,12-13H2,1-2H3/t17-,18+/m0/s1. The van der Waals surface area contributed by atoms with E-state index in [1.54, 1.807) is 24.1 Å². The number of aryl methyl sites for hydroxylation is 1. The maximum absolute atomic E-state index is 12.6. The molecule has 0 saturated carbocycles. The molecule has 4 heteroatoms. The van der Waals surface area contributed by atoms with Crippen LogP contribution in [0.4, 0.5) is 0 Å². The Morgan fingerprint density at radius 2 is 1.75 bits per heavy atom. The van der Waals surface area contributed by atoms with Crippen molar-refractivity contribution in [3.63, 3.8) is 0 Å². The van der Waals surface area contributed by atoms with Crippen LogP contribution in [0.1, 0.15) is 21.5 Å². The summed E-state index contributed by atoms with van der Waals surface area (Å²) in [6.45, 7) is 2.81. The molecule has 0 spiro atoms. The van der Waals surface area contributed by atoms with Crippen molar-refractivity contribution in [3.05, 3.63) is 71.3 Å². The van der Waals surface area contributed by atoms with Crippen LogP contribution in [0.5, 0.6) is 0 Å². The fraction of sp³-hybridized carbons (Fsp3) is 0.300. The van der Waals surface area contributed by atoms with Crippen LogP contribution >= 0.6 is 0 Å². The van der Waals surface area contributed by atoms with Crippen molar-refractivity contribution in [1.82, 2.24) is 4.90 Å². The monoisotopic (exact) mass is 323 g/mol. The molecule has 1 fully saturated rings. The molecule has 1 heterocycles. The SMILES string of the molecule is Cc1ccc(C(=O)[C@@H]2C(=O)N(C)[C@H]2COCc2ccccc2)cc1. The molecule has 0 radical (unpaired) electrons. The topological polar surface area (TPSA) is 46.6 Å². The summed E-state index contributed by atoms with van der Waals surface area (Å²) in [5.74, 6) is -0.881. The van der Waals surface area contributed by atoms with Crippen LogP contribution in [-0.2, 0) is 16.1 Å². The first-order chi connectivity index (χ1) is 11.6. The average molecular weight is 323 g/mol. The Balaban J connectivity index is 1.63. The van der Waals surface area contributed by atoms with Crippen LogP contribution in [0.25, 0.3) is 0 Å². The van der Waals surface area contributed by atoms with E-state index < -0.39 is 5.92 Å². The summed E-state index contributed by atoms with van der Waals surface area (Å²) in [6.07, 6.45) is 0. The second-order valence-corrected chi connectivity index (χ2v) is 6.23. The highest BCUT2D eigenvalue weighted by atomic mass is 16.5. The Morgan fingerprint density at radius 1 is 1.08 bits per heavy atom. The zero-order valence-electron chi connectivity index (χ0n) is 13.9. The van der Waals surface area contributed by atoms with E-state index in [0.29, 0.717) is 18.8 Å². The summed E-state index contributed by atoms with van der Waals surface area (Å²) >= 11 is 0. The fourth-order valence-electron chi connectivity index (χ4n) is 2.95. The molecule has 4 nitrogen and oxygen atoms in total. The van der Waals surface area contributed by atoms with Crippen LogP contribution in [0.3, 0.4) is 0 Å². The summed E-state index contributed by atoms with van der Waals surface area (Å²) in [4.78, 5) is 26.4. The van der Waals surface area contributed by atoms with E-state index in [1.165, 1.54) is 0 Å². The lowest BCUT2D eigenvalue weighted by molar-refractivity contribution is -0.153.